The van der Waals surface area contributed by atoms with Crippen LogP contribution in [0, 0.1) is 5.92 Å². The highest BCUT2D eigenvalue weighted by molar-refractivity contribution is 7.98. The van der Waals surface area contributed by atoms with E-state index in [-0.39, 0.29) is 11.8 Å². The van der Waals surface area contributed by atoms with E-state index in [4.69, 9.17) is 0 Å². The van der Waals surface area contributed by atoms with Gasteiger partial charge in [0.15, 0.2) is 0 Å². The molecule has 1 aromatic carbocycles. The zero-order valence-electron chi connectivity index (χ0n) is 11.0. The second-order valence-electron chi connectivity index (χ2n) is 4.79. The first-order valence-corrected chi connectivity index (χ1v) is 7.55. The molecule has 1 fully saturated rings. The summed E-state index contributed by atoms with van der Waals surface area (Å²) in [6.07, 6.45) is 4.13. The van der Waals surface area contributed by atoms with Crippen molar-refractivity contribution in [2.24, 2.45) is 5.92 Å². The topological polar surface area (TPSA) is 32.3 Å². The number of carbonyl (C=O) groups is 1. The van der Waals surface area contributed by atoms with Crippen LogP contribution in [-0.4, -0.2) is 37.2 Å². The number of para-hydroxylation sites is 1. The van der Waals surface area contributed by atoms with E-state index in [2.05, 4.69) is 17.3 Å². The largest absolute Gasteiger partial charge is 0.325 e. The van der Waals surface area contributed by atoms with Gasteiger partial charge in [0.2, 0.25) is 5.91 Å². The molecule has 0 aromatic heterocycles. The van der Waals surface area contributed by atoms with E-state index in [0.717, 1.165) is 36.5 Å². The van der Waals surface area contributed by atoms with Crippen LogP contribution in [0.3, 0.4) is 0 Å². The van der Waals surface area contributed by atoms with Crippen molar-refractivity contribution in [3.05, 3.63) is 24.3 Å². The molecule has 0 radical (unpaired) electrons. The molecule has 0 bridgehead atoms. The maximum atomic E-state index is 12.2. The number of rotatable bonds is 3. The zero-order chi connectivity index (χ0) is 13.0. The minimum absolute atomic E-state index is 0.124. The van der Waals surface area contributed by atoms with Crippen LogP contribution in [0.1, 0.15) is 12.8 Å². The van der Waals surface area contributed by atoms with Gasteiger partial charge in [0.25, 0.3) is 0 Å². The standard InChI is InChI=1S/C14H20N2OS/c1-16-9-5-6-11(10-16)14(17)15-12-7-3-4-8-13(12)18-2/h3-4,7-8,11H,5-6,9-10H2,1-2H3,(H,15,17)/t11-/m0/s1. The summed E-state index contributed by atoms with van der Waals surface area (Å²) in [4.78, 5) is 15.6. The molecule has 1 aliphatic heterocycles. The normalized spacial score (nSPS) is 20.7. The van der Waals surface area contributed by atoms with Crippen LogP contribution in [0.2, 0.25) is 0 Å². The van der Waals surface area contributed by atoms with Crippen LogP contribution in [0.5, 0.6) is 0 Å². The van der Waals surface area contributed by atoms with Crippen molar-refractivity contribution >= 4 is 23.4 Å². The SMILES string of the molecule is CSc1ccccc1NC(=O)[C@H]1CCCN(C)C1. The minimum Gasteiger partial charge on any atom is -0.325 e. The lowest BCUT2D eigenvalue weighted by atomic mass is 9.97. The molecule has 0 unspecified atom stereocenters. The number of nitrogens with one attached hydrogen (secondary N) is 1. The summed E-state index contributed by atoms with van der Waals surface area (Å²) >= 11 is 1.66. The van der Waals surface area contributed by atoms with Gasteiger partial charge in [-0.2, -0.15) is 0 Å². The molecule has 18 heavy (non-hydrogen) atoms. The molecule has 1 aliphatic rings. The van der Waals surface area contributed by atoms with E-state index >= 15 is 0 Å². The third-order valence-corrected chi connectivity index (χ3v) is 4.16. The van der Waals surface area contributed by atoms with Gasteiger partial charge in [-0.25, -0.2) is 0 Å². The number of carbonyl (C=O) groups excluding carboxylic acids is 1. The predicted octanol–water partition coefficient (Wildman–Crippen LogP) is 2.69. The van der Waals surface area contributed by atoms with E-state index in [1.165, 1.54) is 0 Å². The molecule has 0 aliphatic carbocycles. The molecule has 2 rings (SSSR count). The van der Waals surface area contributed by atoms with Gasteiger partial charge in [-0.1, -0.05) is 12.1 Å². The van der Waals surface area contributed by atoms with Crippen molar-refractivity contribution in [2.75, 3.05) is 31.7 Å². The Kier molecular flexibility index (Phi) is 4.66. The first kappa shape index (κ1) is 13.4. The highest BCUT2D eigenvalue weighted by Gasteiger charge is 2.24. The summed E-state index contributed by atoms with van der Waals surface area (Å²) in [6, 6.07) is 7.96. The number of piperidine rings is 1. The molecule has 1 N–H and O–H groups in total. The Hall–Kier alpha value is -1.00. The fraction of sp³-hybridized carbons (Fsp3) is 0.500. The van der Waals surface area contributed by atoms with Crippen LogP contribution in [0.25, 0.3) is 0 Å². The Morgan fingerprint density at radius 3 is 2.94 bits per heavy atom. The lowest BCUT2D eigenvalue weighted by Gasteiger charge is -2.28. The average Bonchev–Trinajstić information content (AvgIpc) is 2.39. The third-order valence-electron chi connectivity index (χ3n) is 3.36. The van der Waals surface area contributed by atoms with Crippen LogP contribution < -0.4 is 5.32 Å². The Balaban J connectivity index is 2.02. The molecule has 98 valence electrons. The summed E-state index contributed by atoms with van der Waals surface area (Å²) in [5.74, 6) is 0.279. The summed E-state index contributed by atoms with van der Waals surface area (Å²) in [5.41, 5.74) is 0.934. The van der Waals surface area contributed by atoms with Gasteiger partial charge >= 0.3 is 0 Å². The number of benzene rings is 1. The van der Waals surface area contributed by atoms with Gasteiger partial charge in [0, 0.05) is 11.4 Å². The van der Waals surface area contributed by atoms with Gasteiger partial charge in [-0.05, 0) is 44.8 Å². The summed E-state index contributed by atoms with van der Waals surface area (Å²) in [7, 11) is 2.08. The van der Waals surface area contributed by atoms with Gasteiger partial charge in [-0.15, -0.1) is 11.8 Å². The van der Waals surface area contributed by atoms with Crippen molar-refractivity contribution in [1.82, 2.24) is 4.90 Å². The Morgan fingerprint density at radius 1 is 1.44 bits per heavy atom. The van der Waals surface area contributed by atoms with Crippen LogP contribution in [0.15, 0.2) is 29.2 Å². The fourth-order valence-electron chi connectivity index (χ4n) is 2.36. The molecular weight excluding hydrogens is 244 g/mol. The third kappa shape index (κ3) is 3.27. The zero-order valence-corrected chi connectivity index (χ0v) is 11.8. The summed E-state index contributed by atoms with van der Waals surface area (Å²) in [6.45, 7) is 1.97. The quantitative estimate of drug-likeness (QED) is 0.852. The van der Waals surface area contributed by atoms with Crippen molar-refractivity contribution in [3.63, 3.8) is 0 Å². The van der Waals surface area contributed by atoms with Crippen molar-refractivity contribution in [1.29, 1.82) is 0 Å². The molecule has 1 atom stereocenters. The molecule has 1 amide bonds. The molecule has 1 heterocycles. The van der Waals surface area contributed by atoms with Crippen LogP contribution in [-0.2, 0) is 4.79 Å². The number of likely N-dealkylation sites (tertiary alicyclic amines) is 1. The van der Waals surface area contributed by atoms with Crippen molar-refractivity contribution in [3.8, 4) is 0 Å². The Bertz CT molecular complexity index is 422. The van der Waals surface area contributed by atoms with E-state index in [1.54, 1.807) is 11.8 Å². The maximum Gasteiger partial charge on any atom is 0.228 e. The number of thioether (sulfide) groups is 1. The minimum atomic E-state index is 0.124. The Labute approximate surface area is 113 Å². The van der Waals surface area contributed by atoms with Crippen molar-refractivity contribution < 1.29 is 4.79 Å². The van der Waals surface area contributed by atoms with E-state index in [9.17, 15) is 4.79 Å². The van der Waals surface area contributed by atoms with Gasteiger partial charge in [-0.3, -0.25) is 4.79 Å². The number of hydrogen-bond acceptors (Lipinski definition) is 3. The highest BCUT2D eigenvalue weighted by Crippen LogP contribution is 2.26. The van der Waals surface area contributed by atoms with E-state index < -0.39 is 0 Å². The van der Waals surface area contributed by atoms with E-state index in [1.807, 2.05) is 30.5 Å². The fourth-order valence-corrected chi connectivity index (χ4v) is 2.92. The molecule has 1 saturated heterocycles. The predicted molar refractivity (Wildman–Crippen MR) is 77.1 cm³/mol. The number of amides is 1. The first-order valence-electron chi connectivity index (χ1n) is 6.33. The highest BCUT2D eigenvalue weighted by atomic mass is 32.2. The molecule has 4 heteroatoms. The lowest BCUT2D eigenvalue weighted by molar-refractivity contribution is -0.121. The van der Waals surface area contributed by atoms with Crippen molar-refractivity contribution in [2.45, 2.75) is 17.7 Å². The molecule has 0 saturated carbocycles. The Morgan fingerprint density at radius 2 is 2.22 bits per heavy atom. The van der Waals surface area contributed by atoms with Gasteiger partial charge < -0.3 is 10.2 Å². The molecule has 0 spiro atoms. The first-order chi connectivity index (χ1) is 8.70. The monoisotopic (exact) mass is 264 g/mol. The molecule has 3 nitrogen and oxygen atoms in total. The maximum absolute atomic E-state index is 12.2. The van der Waals surface area contributed by atoms with Gasteiger partial charge in [0.1, 0.15) is 0 Å². The summed E-state index contributed by atoms with van der Waals surface area (Å²) in [5, 5.41) is 3.07. The van der Waals surface area contributed by atoms with Gasteiger partial charge in [0.05, 0.1) is 11.6 Å². The number of nitrogens with zero attached hydrogens (tertiary/aromatic N) is 1. The van der Waals surface area contributed by atoms with Crippen LogP contribution >= 0.6 is 11.8 Å². The lowest BCUT2D eigenvalue weighted by Crippen LogP contribution is -2.38. The molecular formula is C14H20N2OS. The molecule has 1 aromatic rings. The second-order valence-corrected chi connectivity index (χ2v) is 5.64. The smallest absolute Gasteiger partial charge is 0.228 e. The van der Waals surface area contributed by atoms with E-state index in [0.29, 0.717) is 0 Å². The van der Waals surface area contributed by atoms with Crippen LogP contribution in [0.4, 0.5) is 5.69 Å². The summed E-state index contributed by atoms with van der Waals surface area (Å²) < 4.78 is 0. The number of hydrogen-bond donors (Lipinski definition) is 1. The number of anilines is 1. The second kappa shape index (κ2) is 6.25. The average molecular weight is 264 g/mol.